The third-order valence-electron chi connectivity index (χ3n) is 4.52. The van der Waals surface area contributed by atoms with Crippen LogP contribution in [0.2, 0.25) is 5.02 Å². The summed E-state index contributed by atoms with van der Waals surface area (Å²) in [4.78, 5) is 14.5. The predicted molar refractivity (Wildman–Crippen MR) is 102 cm³/mol. The molecule has 1 fully saturated rings. The third-order valence-corrected chi connectivity index (χ3v) is 6.28. The molecular weight excluding hydrogens is 372 g/mol. The van der Waals surface area contributed by atoms with Crippen LogP contribution in [0.4, 0.5) is 0 Å². The van der Waals surface area contributed by atoms with Crippen LogP contribution in [0.15, 0.2) is 53.4 Å². The average molecular weight is 393 g/mol. The molecule has 1 amide bonds. The summed E-state index contributed by atoms with van der Waals surface area (Å²) in [5, 5.41) is 0.606. The molecule has 2 aromatic rings. The van der Waals surface area contributed by atoms with Crippen LogP contribution in [0, 0.1) is 0 Å². The Labute approximate surface area is 159 Å². The third kappa shape index (κ3) is 4.26. The monoisotopic (exact) mass is 392 g/mol. The summed E-state index contributed by atoms with van der Waals surface area (Å²) in [6.45, 7) is 1.90. The molecule has 2 aromatic carbocycles. The normalized spacial score (nSPS) is 15.5. The molecule has 0 saturated heterocycles. The first-order chi connectivity index (χ1) is 12.3. The van der Waals surface area contributed by atoms with Gasteiger partial charge in [-0.15, -0.1) is 0 Å². The number of hydrogen-bond acceptors (Lipinski definition) is 3. The van der Waals surface area contributed by atoms with Gasteiger partial charge in [-0.25, -0.2) is 13.1 Å². The smallest absolute Gasteiger partial charge is 0.254 e. The zero-order valence-electron chi connectivity index (χ0n) is 14.6. The quantitative estimate of drug-likeness (QED) is 0.816. The van der Waals surface area contributed by atoms with E-state index in [2.05, 4.69) is 4.72 Å². The van der Waals surface area contributed by atoms with E-state index in [1.165, 1.54) is 12.1 Å². The number of carbonyl (C=O) groups excluding carboxylic acids is 1. The predicted octanol–water partition coefficient (Wildman–Crippen LogP) is 3.61. The number of nitrogens with zero attached hydrogens (tertiary/aromatic N) is 1. The summed E-state index contributed by atoms with van der Waals surface area (Å²) >= 11 is 6.03. The SMILES string of the molecule is CC(c1cccc(Cl)c1)N(C)C(=O)c1cccc(S(=O)(=O)NC2CC2)c1. The van der Waals surface area contributed by atoms with E-state index in [0.717, 1.165) is 18.4 Å². The highest BCUT2D eigenvalue weighted by Gasteiger charge is 2.28. The van der Waals surface area contributed by atoms with E-state index in [0.29, 0.717) is 10.6 Å². The van der Waals surface area contributed by atoms with Gasteiger partial charge >= 0.3 is 0 Å². The minimum Gasteiger partial charge on any atom is -0.335 e. The van der Waals surface area contributed by atoms with Crippen LogP contribution >= 0.6 is 11.6 Å². The van der Waals surface area contributed by atoms with Crippen LogP contribution in [0.25, 0.3) is 0 Å². The summed E-state index contributed by atoms with van der Waals surface area (Å²) in [5.41, 5.74) is 1.24. The lowest BCUT2D eigenvalue weighted by atomic mass is 10.1. The lowest BCUT2D eigenvalue weighted by Crippen LogP contribution is -2.30. The fourth-order valence-electron chi connectivity index (χ4n) is 2.65. The Kier molecular flexibility index (Phi) is 5.37. The molecule has 0 bridgehead atoms. The van der Waals surface area contributed by atoms with E-state index in [1.54, 1.807) is 30.1 Å². The molecule has 1 aliphatic carbocycles. The van der Waals surface area contributed by atoms with Gasteiger partial charge in [-0.2, -0.15) is 0 Å². The van der Waals surface area contributed by atoms with Gasteiger partial charge < -0.3 is 4.90 Å². The van der Waals surface area contributed by atoms with Crippen molar-refractivity contribution in [2.75, 3.05) is 7.05 Å². The summed E-state index contributed by atoms with van der Waals surface area (Å²) in [5.74, 6) is -0.249. The fourth-order valence-corrected chi connectivity index (χ4v) is 4.20. The van der Waals surface area contributed by atoms with E-state index in [-0.39, 0.29) is 22.9 Å². The van der Waals surface area contributed by atoms with Gasteiger partial charge in [0.1, 0.15) is 0 Å². The second-order valence-corrected chi connectivity index (χ2v) is 8.72. The average Bonchev–Trinajstić information content (AvgIpc) is 3.43. The van der Waals surface area contributed by atoms with Crippen molar-refractivity contribution in [3.63, 3.8) is 0 Å². The molecule has 1 saturated carbocycles. The topological polar surface area (TPSA) is 66.5 Å². The molecule has 1 aliphatic rings. The van der Waals surface area contributed by atoms with E-state index in [4.69, 9.17) is 11.6 Å². The number of amides is 1. The molecule has 1 atom stereocenters. The van der Waals surface area contributed by atoms with Gasteiger partial charge in [0.2, 0.25) is 10.0 Å². The molecule has 0 aliphatic heterocycles. The van der Waals surface area contributed by atoms with Crippen molar-refractivity contribution in [2.24, 2.45) is 0 Å². The number of nitrogens with one attached hydrogen (secondary N) is 1. The van der Waals surface area contributed by atoms with E-state index in [9.17, 15) is 13.2 Å². The van der Waals surface area contributed by atoms with E-state index in [1.807, 2.05) is 25.1 Å². The largest absolute Gasteiger partial charge is 0.335 e. The number of benzene rings is 2. The van der Waals surface area contributed by atoms with Crippen molar-refractivity contribution in [2.45, 2.75) is 36.7 Å². The van der Waals surface area contributed by atoms with Crippen LogP contribution < -0.4 is 4.72 Å². The Morgan fingerprint density at radius 3 is 2.54 bits per heavy atom. The van der Waals surface area contributed by atoms with Crippen molar-refractivity contribution in [1.82, 2.24) is 9.62 Å². The highest BCUT2D eigenvalue weighted by Crippen LogP contribution is 2.25. The first kappa shape index (κ1) is 18.9. The maximum Gasteiger partial charge on any atom is 0.254 e. The van der Waals surface area contributed by atoms with Gasteiger partial charge in [0.15, 0.2) is 0 Å². The van der Waals surface area contributed by atoms with E-state index < -0.39 is 10.0 Å². The first-order valence-electron chi connectivity index (χ1n) is 8.43. The van der Waals surface area contributed by atoms with Crippen molar-refractivity contribution in [1.29, 1.82) is 0 Å². The van der Waals surface area contributed by atoms with Crippen LogP contribution in [0.1, 0.15) is 41.7 Å². The lowest BCUT2D eigenvalue weighted by Gasteiger charge is -2.25. The van der Waals surface area contributed by atoms with Crippen LogP contribution in [-0.4, -0.2) is 32.3 Å². The van der Waals surface area contributed by atoms with Crippen LogP contribution in [0.5, 0.6) is 0 Å². The number of rotatable bonds is 6. The Morgan fingerprint density at radius 2 is 1.88 bits per heavy atom. The summed E-state index contributed by atoms with van der Waals surface area (Å²) in [7, 11) is -1.90. The van der Waals surface area contributed by atoms with Crippen LogP contribution in [-0.2, 0) is 10.0 Å². The van der Waals surface area contributed by atoms with Gasteiger partial charge in [0, 0.05) is 23.7 Å². The second-order valence-electron chi connectivity index (χ2n) is 6.57. The fraction of sp³-hybridized carbons (Fsp3) is 0.316. The molecule has 0 heterocycles. The minimum atomic E-state index is -3.59. The minimum absolute atomic E-state index is 0.0184. The van der Waals surface area contributed by atoms with Gasteiger partial charge in [0.25, 0.3) is 5.91 Å². The standard InChI is InChI=1S/C19H21ClN2O3S/c1-13(14-5-3-7-16(20)11-14)22(2)19(23)15-6-4-8-18(12-15)26(24,25)21-17-9-10-17/h3-8,11-13,17,21H,9-10H2,1-2H3. The molecule has 1 unspecified atom stereocenters. The van der Waals surface area contributed by atoms with Crippen LogP contribution in [0.3, 0.4) is 0 Å². The zero-order valence-corrected chi connectivity index (χ0v) is 16.2. The number of hydrogen-bond donors (Lipinski definition) is 1. The Balaban J connectivity index is 1.81. The van der Waals surface area contributed by atoms with Gasteiger partial charge in [-0.1, -0.05) is 29.8 Å². The molecule has 26 heavy (non-hydrogen) atoms. The van der Waals surface area contributed by atoms with Crippen molar-refractivity contribution < 1.29 is 13.2 Å². The Hall–Kier alpha value is -1.89. The van der Waals surface area contributed by atoms with Crippen molar-refractivity contribution in [3.8, 4) is 0 Å². The number of sulfonamides is 1. The van der Waals surface area contributed by atoms with Gasteiger partial charge in [-0.3, -0.25) is 4.79 Å². The second kappa shape index (κ2) is 7.39. The van der Waals surface area contributed by atoms with Gasteiger partial charge in [-0.05, 0) is 55.7 Å². The highest BCUT2D eigenvalue weighted by atomic mass is 35.5. The number of carbonyl (C=O) groups is 1. The van der Waals surface area contributed by atoms with E-state index >= 15 is 0 Å². The first-order valence-corrected chi connectivity index (χ1v) is 10.3. The Bertz CT molecular complexity index is 926. The van der Waals surface area contributed by atoms with Gasteiger partial charge in [0.05, 0.1) is 10.9 Å². The zero-order chi connectivity index (χ0) is 18.9. The molecule has 138 valence electrons. The highest BCUT2D eigenvalue weighted by molar-refractivity contribution is 7.89. The molecule has 5 nitrogen and oxygen atoms in total. The molecule has 1 N–H and O–H groups in total. The lowest BCUT2D eigenvalue weighted by molar-refractivity contribution is 0.0742. The molecule has 3 rings (SSSR count). The molecule has 0 radical (unpaired) electrons. The summed E-state index contributed by atoms with van der Waals surface area (Å²) < 4.78 is 27.4. The molecule has 0 spiro atoms. The maximum absolute atomic E-state index is 12.8. The summed E-state index contributed by atoms with van der Waals surface area (Å²) in [6, 6.07) is 13.3. The number of halogens is 1. The summed E-state index contributed by atoms with van der Waals surface area (Å²) in [6.07, 6.45) is 1.72. The molecule has 7 heteroatoms. The maximum atomic E-state index is 12.8. The molecule has 0 aromatic heterocycles. The van der Waals surface area contributed by atoms with Crippen molar-refractivity contribution >= 4 is 27.5 Å². The molecular formula is C19H21ClN2O3S. The van der Waals surface area contributed by atoms with Crippen molar-refractivity contribution in [3.05, 3.63) is 64.7 Å². The Morgan fingerprint density at radius 1 is 1.19 bits per heavy atom.